The molecule has 1 nitrogen and oxygen atoms in total. The molecule has 0 spiro atoms. The highest BCUT2D eigenvalue weighted by Gasteiger charge is 1.41. The minimum Gasteiger partial charge on any atom is -0.351 e. The number of alkyl halides is 2. The van der Waals surface area contributed by atoms with Crippen LogP contribution in [0, 0.1) is 0 Å². The van der Waals surface area contributed by atoms with Crippen LogP contribution in [-0.2, 0) is 0 Å². The van der Waals surface area contributed by atoms with E-state index in [1.807, 2.05) is 19.4 Å². The van der Waals surface area contributed by atoms with Crippen molar-refractivity contribution in [2.45, 2.75) is 0 Å². The second-order valence-electron chi connectivity index (χ2n) is 0.678. The Bertz CT molecular complexity index is 10.8. The first-order valence-electron chi connectivity index (χ1n) is 1.69. The van der Waals surface area contributed by atoms with E-state index in [0.717, 1.165) is 0 Å². The second kappa shape index (κ2) is 17.7. The van der Waals surface area contributed by atoms with Crippen LogP contribution in [0.2, 0.25) is 0 Å². The average molecular weight is 131 g/mol. The van der Waals surface area contributed by atoms with Crippen LogP contribution < -0.4 is 5.32 Å². The van der Waals surface area contributed by atoms with E-state index in [9.17, 15) is 0 Å². The summed E-state index contributed by atoms with van der Waals surface area (Å²) in [7, 11) is 4.00. The molecule has 0 aromatic heterocycles. The van der Waals surface area contributed by atoms with Crippen molar-refractivity contribution in [2.75, 3.05) is 19.4 Å². The van der Waals surface area contributed by atoms with E-state index >= 15 is 0 Å². The second-order valence-corrected chi connectivity index (χ2v) is 1.49. The van der Waals surface area contributed by atoms with Gasteiger partial charge in [-0.05, 0) is 0 Å². The van der Waals surface area contributed by atoms with Gasteiger partial charge in [-0.25, -0.2) is 0 Å². The monoisotopic (exact) mass is 130 g/mol. The number of hydrogen-bond acceptors (Lipinski definition) is 0. The van der Waals surface area contributed by atoms with Crippen LogP contribution in [0.5, 0.6) is 0 Å². The highest BCUT2D eigenvalue weighted by molar-refractivity contribution is 6.40. The molecule has 0 aromatic carbocycles. The molecular formula is C3H10Cl2N+. The normalized spacial score (nSPS) is 6.00. The first kappa shape index (κ1) is 9.74. The minimum absolute atomic E-state index is 0.194. The topological polar surface area (TPSA) is 16.6 Å². The van der Waals surface area contributed by atoms with Gasteiger partial charge in [0, 0.05) is 0 Å². The van der Waals surface area contributed by atoms with Crippen molar-refractivity contribution in [3.05, 3.63) is 0 Å². The molecule has 0 aromatic rings. The lowest BCUT2D eigenvalue weighted by atomic mass is 11.3. The molecule has 0 aliphatic rings. The average Bonchev–Trinajstić information content (AvgIpc) is 1.39. The number of halogens is 2. The molecule has 0 fully saturated rings. The largest absolute Gasteiger partial charge is 0.351 e. The zero-order valence-electron chi connectivity index (χ0n) is 4.04. The molecule has 40 valence electrons. The summed E-state index contributed by atoms with van der Waals surface area (Å²) in [6, 6.07) is 0. The third kappa shape index (κ3) is 195. The third-order valence-corrected chi connectivity index (χ3v) is 0. The van der Waals surface area contributed by atoms with Crippen molar-refractivity contribution in [1.82, 2.24) is 0 Å². The van der Waals surface area contributed by atoms with Crippen LogP contribution in [0.15, 0.2) is 0 Å². The lowest BCUT2D eigenvalue weighted by molar-refractivity contribution is -0.597. The molecule has 0 amide bonds. The van der Waals surface area contributed by atoms with Gasteiger partial charge in [0.2, 0.25) is 0 Å². The van der Waals surface area contributed by atoms with Gasteiger partial charge in [0.05, 0.1) is 19.4 Å². The summed E-state index contributed by atoms with van der Waals surface area (Å²) in [5.74, 6) is 0. The predicted octanol–water partition coefficient (Wildman–Crippen LogP) is 0.231. The molecule has 0 saturated heterocycles. The number of rotatable bonds is 0. The van der Waals surface area contributed by atoms with Crippen molar-refractivity contribution in [3.8, 4) is 0 Å². The van der Waals surface area contributed by atoms with Crippen molar-refractivity contribution in [2.24, 2.45) is 0 Å². The third-order valence-electron chi connectivity index (χ3n) is 0. The standard InChI is InChI=1S/C2H7N.CH2Cl2/c1-3-2;2-1-3/h3H,1-2H3;1H2/p+1. The molecule has 0 radical (unpaired) electrons. The van der Waals surface area contributed by atoms with Crippen LogP contribution in [0.3, 0.4) is 0 Å². The van der Waals surface area contributed by atoms with Gasteiger partial charge in [0.25, 0.3) is 0 Å². The highest BCUT2D eigenvalue weighted by atomic mass is 35.5. The Morgan fingerprint density at radius 1 is 1.33 bits per heavy atom. The van der Waals surface area contributed by atoms with Crippen LogP contribution in [0.25, 0.3) is 0 Å². The minimum atomic E-state index is 0.194. The van der Waals surface area contributed by atoms with Crippen molar-refractivity contribution >= 4 is 23.2 Å². The molecule has 0 aliphatic carbocycles. The first-order valence-corrected chi connectivity index (χ1v) is 2.76. The molecule has 0 rings (SSSR count). The molecule has 3 heteroatoms. The number of quaternary nitrogens is 1. The molecule has 0 heterocycles. The molecule has 0 unspecified atom stereocenters. The fourth-order valence-electron chi connectivity index (χ4n) is 0. The maximum Gasteiger partial charge on any atom is 0.0967 e. The Kier molecular flexibility index (Phi) is 28.7. The SMILES string of the molecule is C[NH2+]C.ClCCl. The van der Waals surface area contributed by atoms with Gasteiger partial charge < -0.3 is 5.32 Å². The molecule has 0 bridgehead atoms. The molecule has 6 heavy (non-hydrogen) atoms. The Morgan fingerprint density at radius 2 is 1.33 bits per heavy atom. The smallest absolute Gasteiger partial charge is 0.0967 e. The van der Waals surface area contributed by atoms with Gasteiger partial charge in [-0.15, -0.1) is 23.2 Å². The van der Waals surface area contributed by atoms with Crippen molar-refractivity contribution in [3.63, 3.8) is 0 Å². The lowest BCUT2D eigenvalue weighted by Gasteiger charge is -1.57. The summed E-state index contributed by atoms with van der Waals surface area (Å²) in [5, 5.41) is 2.19. The Labute approximate surface area is 48.6 Å². The van der Waals surface area contributed by atoms with Crippen LogP contribution in [0.1, 0.15) is 0 Å². The zero-order chi connectivity index (χ0) is 5.41. The molecular weight excluding hydrogens is 121 g/mol. The predicted molar refractivity (Wildman–Crippen MR) is 30.3 cm³/mol. The van der Waals surface area contributed by atoms with Crippen LogP contribution in [-0.4, -0.2) is 19.4 Å². The molecule has 0 saturated carbocycles. The van der Waals surface area contributed by atoms with Gasteiger partial charge in [0.1, 0.15) is 0 Å². The highest BCUT2D eigenvalue weighted by Crippen LogP contribution is 1.73. The van der Waals surface area contributed by atoms with Crippen molar-refractivity contribution in [1.29, 1.82) is 0 Å². The van der Waals surface area contributed by atoms with Crippen LogP contribution in [0.4, 0.5) is 0 Å². The van der Waals surface area contributed by atoms with E-state index in [1.54, 1.807) is 0 Å². The zero-order valence-corrected chi connectivity index (χ0v) is 5.55. The van der Waals surface area contributed by atoms with Gasteiger partial charge in [-0.3, -0.25) is 0 Å². The van der Waals surface area contributed by atoms with Crippen molar-refractivity contribution < 1.29 is 5.32 Å². The molecule has 0 aliphatic heterocycles. The van der Waals surface area contributed by atoms with E-state index in [4.69, 9.17) is 23.2 Å². The van der Waals surface area contributed by atoms with E-state index in [0.29, 0.717) is 0 Å². The van der Waals surface area contributed by atoms with Gasteiger partial charge in [-0.1, -0.05) is 0 Å². The molecule has 2 N–H and O–H groups in total. The number of hydrogen-bond donors (Lipinski definition) is 1. The lowest BCUT2D eigenvalue weighted by Crippen LogP contribution is -2.74. The summed E-state index contributed by atoms with van der Waals surface area (Å²) in [5.41, 5.74) is 0. The summed E-state index contributed by atoms with van der Waals surface area (Å²) >= 11 is 9.53. The maximum atomic E-state index is 4.76. The number of nitrogens with two attached hydrogens (primary N) is 1. The Balaban J connectivity index is 0. The summed E-state index contributed by atoms with van der Waals surface area (Å²) in [6.45, 7) is 0. The fourth-order valence-corrected chi connectivity index (χ4v) is 0. The first-order chi connectivity index (χ1) is 2.83. The van der Waals surface area contributed by atoms with E-state index in [2.05, 4.69) is 0 Å². The fraction of sp³-hybridized carbons (Fsp3) is 1.00. The Morgan fingerprint density at radius 3 is 1.33 bits per heavy atom. The summed E-state index contributed by atoms with van der Waals surface area (Å²) in [4.78, 5) is 0. The van der Waals surface area contributed by atoms with E-state index in [1.165, 1.54) is 0 Å². The van der Waals surface area contributed by atoms with E-state index < -0.39 is 0 Å². The van der Waals surface area contributed by atoms with Gasteiger partial charge >= 0.3 is 0 Å². The van der Waals surface area contributed by atoms with Gasteiger partial charge in [-0.2, -0.15) is 0 Å². The summed E-state index contributed by atoms with van der Waals surface area (Å²) in [6.07, 6.45) is 0. The quantitative estimate of drug-likeness (QED) is 0.453. The maximum absolute atomic E-state index is 4.76. The van der Waals surface area contributed by atoms with E-state index in [-0.39, 0.29) is 5.34 Å². The summed E-state index contributed by atoms with van der Waals surface area (Å²) < 4.78 is 0. The van der Waals surface area contributed by atoms with Crippen LogP contribution >= 0.6 is 23.2 Å². The van der Waals surface area contributed by atoms with Gasteiger partial charge in [0.15, 0.2) is 0 Å². The Hall–Kier alpha value is 0.540. The molecule has 0 atom stereocenters.